The fourth-order valence-electron chi connectivity index (χ4n) is 3.24. The molecule has 0 spiro atoms. The number of nitrogens with one attached hydrogen (secondary N) is 1. The highest BCUT2D eigenvalue weighted by Gasteiger charge is 2.38. The number of alkyl halides is 3. The van der Waals surface area contributed by atoms with E-state index in [1.54, 1.807) is 36.7 Å². The van der Waals surface area contributed by atoms with Crippen molar-refractivity contribution in [1.29, 1.82) is 0 Å². The highest BCUT2D eigenvalue weighted by atomic mass is 19.4. The SMILES string of the molecule is Cc1ncn(-c2cccc(C(=O)Nc3cccc(-c4nncn4C(C)C(F)(F)F)n3)c2)c1C. The number of amides is 1. The van der Waals surface area contributed by atoms with Crippen molar-refractivity contribution >= 4 is 11.7 Å². The Balaban J connectivity index is 1.58. The molecule has 0 bridgehead atoms. The monoisotopic (exact) mass is 455 g/mol. The number of hydrogen-bond donors (Lipinski definition) is 1. The van der Waals surface area contributed by atoms with Gasteiger partial charge in [-0.25, -0.2) is 9.97 Å². The lowest BCUT2D eigenvalue weighted by molar-refractivity contribution is -0.162. The third kappa shape index (κ3) is 4.47. The van der Waals surface area contributed by atoms with E-state index >= 15 is 0 Å². The summed E-state index contributed by atoms with van der Waals surface area (Å²) in [6.45, 7) is 4.84. The Morgan fingerprint density at radius 1 is 1.09 bits per heavy atom. The van der Waals surface area contributed by atoms with Crippen LogP contribution in [0.1, 0.15) is 34.7 Å². The second-order valence-corrected chi connectivity index (χ2v) is 7.48. The van der Waals surface area contributed by atoms with Crippen molar-refractivity contribution in [3.63, 3.8) is 0 Å². The summed E-state index contributed by atoms with van der Waals surface area (Å²) in [6, 6.07) is 9.77. The van der Waals surface area contributed by atoms with E-state index in [0.717, 1.165) is 34.9 Å². The fraction of sp³-hybridized carbons (Fsp3) is 0.227. The van der Waals surface area contributed by atoms with Gasteiger partial charge in [-0.05, 0) is 51.1 Å². The number of carbonyl (C=O) groups excluding carboxylic acids is 1. The predicted molar refractivity (Wildman–Crippen MR) is 115 cm³/mol. The average Bonchev–Trinajstić information content (AvgIpc) is 3.40. The number of carbonyl (C=O) groups is 1. The van der Waals surface area contributed by atoms with Crippen LogP contribution in [0.3, 0.4) is 0 Å². The summed E-state index contributed by atoms with van der Waals surface area (Å²) in [5.74, 6) is -0.295. The first-order chi connectivity index (χ1) is 15.6. The molecule has 0 fully saturated rings. The van der Waals surface area contributed by atoms with E-state index in [-0.39, 0.29) is 17.3 Å². The van der Waals surface area contributed by atoms with Crippen LogP contribution < -0.4 is 5.32 Å². The second-order valence-electron chi connectivity index (χ2n) is 7.48. The minimum absolute atomic E-state index is 0.0520. The van der Waals surface area contributed by atoms with E-state index in [1.807, 2.05) is 24.5 Å². The lowest BCUT2D eigenvalue weighted by atomic mass is 10.2. The molecule has 0 aliphatic rings. The summed E-state index contributed by atoms with van der Waals surface area (Å²) >= 11 is 0. The van der Waals surface area contributed by atoms with Crippen molar-refractivity contribution in [3.8, 4) is 17.2 Å². The Labute approximate surface area is 187 Å². The summed E-state index contributed by atoms with van der Waals surface area (Å²) in [5.41, 5.74) is 3.16. The largest absolute Gasteiger partial charge is 0.408 e. The van der Waals surface area contributed by atoms with Gasteiger partial charge in [0.25, 0.3) is 5.91 Å². The molecule has 4 rings (SSSR count). The molecule has 0 radical (unpaired) electrons. The molecular weight excluding hydrogens is 435 g/mol. The van der Waals surface area contributed by atoms with Gasteiger partial charge in [-0.2, -0.15) is 13.2 Å². The van der Waals surface area contributed by atoms with Crippen molar-refractivity contribution < 1.29 is 18.0 Å². The third-order valence-electron chi connectivity index (χ3n) is 5.32. The quantitative estimate of drug-likeness (QED) is 0.478. The molecule has 3 aromatic heterocycles. The van der Waals surface area contributed by atoms with Gasteiger partial charge in [-0.1, -0.05) is 12.1 Å². The minimum Gasteiger partial charge on any atom is -0.307 e. The number of imidazole rings is 1. The van der Waals surface area contributed by atoms with Crippen molar-refractivity contribution in [2.24, 2.45) is 0 Å². The van der Waals surface area contributed by atoms with Crippen molar-refractivity contribution in [2.75, 3.05) is 5.32 Å². The summed E-state index contributed by atoms with van der Waals surface area (Å²) in [7, 11) is 0. The van der Waals surface area contributed by atoms with Gasteiger partial charge in [-0.15, -0.1) is 10.2 Å². The van der Waals surface area contributed by atoms with Crippen LogP contribution in [0.15, 0.2) is 55.1 Å². The molecule has 33 heavy (non-hydrogen) atoms. The lowest BCUT2D eigenvalue weighted by Crippen LogP contribution is -2.24. The van der Waals surface area contributed by atoms with Gasteiger partial charge in [0.1, 0.15) is 23.9 Å². The third-order valence-corrected chi connectivity index (χ3v) is 5.32. The molecule has 0 saturated heterocycles. The number of hydrogen-bond acceptors (Lipinski definition) is 5. The van der Waals surface area contributed by atoms with Crippen molar-refractivity contribution in [3.05, 3.63) is 72.1 Å². The van der Waals surface area contributed by atoms with Gasteiger partial charge in [0.15, 0.2) is 5.82 Å². The van der Waals surface area contributed by atoms with Crippen LogP contribution in [0.25, 0.3) is 17.2 Å². The Bertz CT molecular complexity index is 1310. The summed E-state index contributed by atoms with van der Waals surface area (Å²) in [6.07, 6.45) is -1.78. The van der Waals surface area contributed by atoms with E-state index in [9.17, 15) is 18.0 Å². The second kappa shape index (κ2) is 8.49. The molecule has 0 aliphatic heterocycles. The van der Waals surface area contributed by atoms with Crippen LogP contribution in [0.5, 0.6) is 0 Å². The molecule has 3 heterocycles. The topological polar surface area (TPSA) is 90.5 Å². The molecule has 11 heteroatoms. The smallest absolute Gasteiger partial charge is 0.307 e. The van der Waals surface area contributed by atoms with E-state index in [4.69, 9.17) is 0 Å². The summed E-state index contributed by atoms with van der Waals surface area (Å²) in [4.78, 5) is 21.4. The lowest BCUT2D eigenvalue weighted by Gasteiger charge is -2.18. The van der Waals surface area contributed by atoms with Gasteiger partial charge in [0.05, 0.1) is 12.0 Å². The Hall–Kier alpha value is -4.02. The molecule has 1 aromatic carbocycles. The van der Waals surface area contributed by atoms with E-state index < -0.39 is 18.1 Å². The van der Waals surface area contributed by atoms with Gasteiger partial charge in [0.2, 0.25) is 0 Å². The number of anilines is 1. The molecule has 8 nitrogen and oxygen atoms in total. The Morgan fingerprint density at radius 2 is 1.85 bits per heavy atom. The molecule has 1 N–H and O–H groups in total. The van der Waals surface area contributed by atoms with Crippen LogP contribution in [-0.4, -0.2) is 41.4 Å². The first kappa shape index (κ1) is 22.2. The fourth-order valence-corrected chi connectivity index (χ4v) is 3.24. The number of rotatable bonds is 5. The zero-order chi connectivity index (χ0) is 23.8. The van der Waals surface area contributed by atoms with E-state index in [0.29, 0.717) is 5.56 Å². The maximum absolute atomic E-state index is 13.2. The van der Waals surface area contributed by atoms with E-state index in [2.05, 4.69) is 25.5 Å². The average molecular weight is 455 g/mol. The molecule has 0 saturated carbocycles. The van der Waals surface area contributed by atoms with Crippen LogP contribution in [0, 0.1) is 13.8 Å². The molecule has 1 amide bonds. The highest BCUT2D eigenvalue weighted by molar-refractivity contribution is 6.04. The van der Waals surface area contributed by atoms with Crippen molar-refractivity contribution in [1.82, 2.24) is 29.3 Å². The first-order valence-electron chi connectivity index (χ1n) is 10.0. The molecule has 170 valence electrons. The predicted octanol–water partition coefficient (Wildman–Crippen LogP) is 4.52. The van der Waals surface area contributed by atoms with Gasteiger partial charge >= 0.3 is 6.18 Å². The number of aromatic nitrogens is 6. The minimum atomic E-state index is -4.47. The number of halogens is 3. The van der Waals surface area contributed by atoms with Crippen molar-refractivity contribution in [2.45, 2.75) is 33.0 Å². The Morgan fingerprint density at radius 3 is 2.55 bits per heavy atom. The molecule has 0 aliphatic carbocycles. The summed E-state index contributed by atoms with van der Waals surface area (Å²) in [5, 5.41) is 10.1. The van der Waals surface area contributed by atoms with Gasteiger partial charge in [-0.3, -0.25) is 4.79 Å². The first-order valence-corrected chi connectivity index (χ1v) is 10.0. The molecular formula is C22H20F3N7O. The number of pyridine rings is 1. The van der Waals surface area contributed by atoms with Crippen LogP contribution >= 0.6 is 0 Å². The van der Waals surface area contributed by atoms with Crippen LogP contribution in [-0.2, 0) is 0 Å². The summed E-state index contributed by atoms with van der Waals surface area (Å²) < 4.78 is 42.3. The molecule has 1 unspecified atom stereocenters. The molecule has 1 atom stereocenters. The van der Waals surface area contributed by atoms with E-state index in [1.165, 1.54) is 6.07 Å². The molecule has 4 aromatic rings. The highest BCUT2D eigenvalue weighted by Crippen LogP contribution is 2.32. The zero-order valence-corrected chi connectivity index (χ0v) is 18.0. The Kier molecular flexibility index (Phi) is 5.71. The maximum atomic E-state index is 13.2. The van der Waals surface area contributed by atoms with Gasteiger partial charge in [0, 0.05) is 16.9 Å². The normalized spacial score (nSPS) is 12.5. The van der Waals surface area contributed by atoms with Crippen LogP contribution in [0.4, 0.5) is 19.0 Å². The van der Waals surface area contributed by atoms with Crippen LogP contribution in [0.2, 0.25) is 0 Å². The number of aryl methyl sites for hydroxylation is 1. The standard InChI is InChI=1S/C22H20F3N7O/c1-13-14(2)31(11-26-13)17-7-4-6-16(10-17)21(33)29-19-9-5-8-18(28-19)20-30-27-12-32(20)15(3)22(23,24)25/h4-12,15H,1-3H3,(H,28,29,33). The number of nitrogens with zero attached hydrogens (tertiary/aromatic N) is 6. The van der Waals surface area contributed by atoms with Gasteiger partial charge < -0.3 is 14.5 Å². The maximum Gasteiger partial charge on any atom is 0.408 e. The number of benzene rings is 1. The zero-order valence-electron chi connectivity index (χ0n) is 18.0.